The number of aromatic nitrogens is 1. The van der Waals surface area contributed by atoms with Gasteiger partial charge in [0.25, 0.3) is 0 Å². The minimum atomic E-state index is 0.533. The van der Waals surface area contributed by atoms with Gasteiger partial charge < -0.3 is 0 Å². The van der Waals surface area contributed by atoms with Gasteiger partial charge in [-0.15, -0.1) is 22.9 Å². The standard InChI is InChI=1S/C11H17ClN2S/c1-2-14(6-9-3-4-9)7-11-13-10(5-12)8-15-11/h8-9H,2-7H2,1H3. The van der Waals surface area contributed by atoms with E-state index >= 15 is 0 Å². The van der Waals surface area contributed by atoms with E-state index in [2.05, 4.69) is 22.2 Å². The predicted molar refractivity (Wildman–Crippen MR) is 65.3 cm³/mol. The molecule has 1 aromatic heterocycles. The highest BCUT2D eigenvalue weighted by atomic mass is 35.5. The maximum Gasteiger partial charge on any atom is 0.107 e. The molecule has 0 bridgehead atoms. The molecule has 0 N–H and O–H groups in total. The fourth-order valence-corrected chi connectivity index (χ4v) is 2.71. The lowest BCUT2D eigenvalue weighted by molar-refractivity contribution is 0.268. The Kier molecular flexibility index (Phi) is 4.00. The largest absolute Gasteiger partial charge is 0.297 e. The SMILES string of the molecule is CCN(Cc1nc(CCl)cs1)CC1CC1. The van der Waals surface area contributed by atoms with Crippen molar-refractivity contribution in [1.82, 2.24) is 9.88 Å². The van der Waals surface area contributed by atoms with Crippen molar-refractivity contribution in [3.63, 3.8) is 0 Å². The summed E-state index contributed by atoms with van der Waals surface area (Å²) in [6, 6.07) is 0. The molecule has 1 saturated carbocycles. The van der Waals surface area contributed by atoms with E-state index in [-0.39, 0.29) is 0 Å². The fraction of sp³-hybridized carbons (Fsp3) is 0.727. The van der Waals surface area contributed by atoms with Crippen molar-refractivity contribution in [1.29, 1.82) is 0 Å². The summed E-state index contributed by atoms with van der Waals surface area (Å²) in [5.41, 5.74) is 1.01. The van der Waals surface area contributed by atoms with Crippen LogP contribution in [0.5, 0.6) is 0 Å². The molecular formula is C11H17ClN2S. The van der Waals surface area contributed by atoms with Crippen molar-refractivity contribution in [2.45, 2.75) is 32.2 Å². The zero-order valence-corrected chi connectivity index (χ0v) is 10.7. The average molecular weight is 245 g/mol. The van der Waals surface area contributed by atoms with E-state index in [0.717, 1.165) is 24.7 Å². The summed E-state index contributed by atoms with van der Waals surface area (Å²) in [6.45, 7) is 5.57. The highest BCUT2D eigenvalue weighted by molar-refractivity contribution is 7.09. The van der Waals surface area contributed by atoms with E-state index in [1.807, 2.05) is 0 Å². The minimum absolute atomic E-state index is 0.533. The molecule has 1 fully saturated rings. The van der Waals surface area contributed by atoms with Gasteiger partial charge in [-0.3, -0.25) is 4.90 Å². The van der Waals surface area contributed by atoms with Crippen molar-refractivity contribution >= 4 is 22.9 Å². The van der Waals surface area contributed by atoms with Crippen LogP contribution in [-0.4, -0.2) is 23.0 Å². The summed E-state index contributed by atoms with van der Waals surface area (Å²) in [7, 11) is 0. The van der Waals surface area contributed by atoms with Crippen LogP contribution in [0.25, 0.3) is 0 Å². The van der Waals surface area contributed by atoms with Gasteiger partial charge in [0.1, 0.15) is 5.01 Å². The highest BCUT2D eigenvalue weighted by Crippen LogP contribution is 2.30. The molecule has 15 heavy (non-hydrogen) atoms. The first kappa shape index (κ1) is 11.4. The van der Waals surface area contributed by atoms with Gasteiger partial charge in [0, 0.05) is 11.9 Å². The normalized spacial score (nSPS) is 16.2. The van der Waals surface area contributed by atoms with E-state index < -0.39 is 0 Å². The number of alkyl halides is 1. The summed E-state index contributed by atoms with van der Waals surface area (Å²) in [4.78, 5) is 6.97. The van der Waals surface area contributed by atoms with Gasteiger partial charge in [0.2, 0.25) is 0 Å². The monoisotopic (exact) mass is 244 g/mol. The molecule has 84 valence electrons. The molecule has 1 aliphatic carbocycles. The zero-order chi connectivity index (χ0) is 10.7. The van der Waals surface area contributed by atoms with Crippen LogP contribution in [0.15, 0.2) is 5.38 Å². The third-order valence-corrected chi connectivity index (χ3v) is 3.91. The maximum absolute atomic E-state index is 5.74. The van der Waals surface area contributed by atoms with Gasteiger partial charge in [0.15, 0.2) is 0 Å². The Bertz CT molecular complexity index is 309. The Morgan fingerprint density at radius 2 is 2.40 bits per heavy atom. The molecular weight excluding hydrogens is 228 g/mol. The van der Waals surface area contributed by atoms with Crippen LogP contribution in [0, 0.1) is 5.92 Å². The second-order valence-corrected chi connectivity index (χ2v) is 5.35. The molecule has 2 nitrogen and oxygen atoms in total. The molecule has 0 radical (unpaired) electrons. The number of hydrogen-bond donors (Lipinski definition) is 0. The van der Waals surface area contributed by atoms with E-state index in [4.69, 9.17) is 11.6 Å². The second kappa shape index (κ2) is 5.28. The molecule has 0 aliphatic heterocycles. The van der Waals surface area contributed by atoms with Crippen LogP contribution in [0.1, 0.15) is 30.5 Å². The van der Waals surface area contributed by atoms with Gasteiger partial charge in [0.05, 0.1) is 18.1 Å². The quantitative estimate of drug-likeness (QED) is 0.715. The molecule has 1 aromatic rings. The number of hydrogen-bond acceptors (Lipinski definition) is 3. The molecule has 0 amide bonds. The molecule has 0 unspecified atom stereocenters. The first-order valence-corrected chi connectivity index (χ1v) is 6.94. The average Bonchev–Trinajstić information content (AvgIpc) is 2.95. The first-order chi connectivity index (χ1) is 7.31. The summed E-state index contributed by atoms with van der Waals surface area (Å²) >= 11 is 7.46. The second-order valence-electron chi connectivity index (χ2n) is 4.14. The van der Waals surface area contributed by atoms with E-state index in [9.17, 15) is 0 Å². The topological polar surface area (TPSA) is 16.1 Å². The molecule has 0 spiro atoms. The Morgan fingerprint density at radius 3 is 2.93 bits per heavy atom. The number of nitrogens with zero attached hydrogens (tertiary/aromatic N) is 2. The summed E-state index contributed by atoms with van der Waals surface area (Å²) in [6.07, 6.45) is 2.84. The maximum atomic E-state index is 5.74. The van der Waals surface area contributed by atoms with Crippen molar-refractivity contribution < 1.29 is 0 Å². The van der Waals surface area contributed by atoms with Gasteiger partial charge in [-0.05, 0) is 25.3 Å². The van der Waals surface area contributed by atoms with E-state index in [1.165, 1.54) is 24.4 Å². The highest BCUT2D eigenvalue weighted by Gasteiger charge is 2.23. The lowest BCUT2D eigenvalue weighted by atomic mass is 10.3. The molecule has 1 heterocycles. The van der Waals surface area contributed by atoms with Crippen LogP contribution in [0.4, 0.5) is 0 Å². The molecule has 0 saturated heterocycles. The van der Waals surface area contributed by atoms with E-state index in [1.54, 1.807) is 11.3 Å². The number of thiazole rings is 1. The van der Waals surface area contributed by atoms with Crippen LogP contribution in [-0.2, 0) is 12.4 Å². The minimum Gasteiger partial charge on any atom is -0.297 e. The Morgan fingerprint density at radius 1 is 1.60 bits per heavy atom. The number of rotatable bonds is 6. The van der Waals surface area contributed by atoms with Crippen LogP contribution in [0.2, 0.25) is 0 Å². The molecule has 4 heteroatoms. The number of halogens is 1. The van der Waals surface area contributed by atoms with Crippen LogP contribution in [0.3, 0.4) is 0 Å². The Labute approximate surface area is 100 Å². The van der Waals surface area contributed by atoms with Crippen molar-refractivity contribution in [3.8, 4) is 0 Å². The molecule has 0 aromatic carbocycles. The van der Waals surface area contributed by atoms with Gasteiger partial charge in [-0.25, -0.2) is 4.98 Å². The van der Waals surface area contributed by atoms with Gasteiger partial charge >= 0.3 is 0 Å². The molecule has 2 rings (SSSR count). The molecule has 0 atom stereocenters. The first-order valence-electron chi connectivity index (χ1n) is 5.53. The van der Waals surface area contributed by atoms with Gasteiger partial charge in [-0.2, -0.15) is 0 Å². The lowest BCUT2D eigenvalue weighted by Crippen LogP contribution is -2.25. The Hall–Kier alpha value is -0.120. The summed E-state index contributed by atoms with van der Waals surface area (Å²) in [5, 5.41) is 3.26. The van der Waals surface area contributed by atoms with E-state index in [0.29, 0.717) is 5.88 Å². The Balaban J connectivity index is 1.86. The van der Waals surface area contributed by atoms with Crippen molar-refractivity contribution in [3.05, 3.63) is 16.1 Å². The summed E-state index contributed by atoms with van der Waals surface area (Å²) in [5.74, 6) is 1.49. The third kappa shape index (κ3) is 3.44. The van der Waals surface area contributed by atoms with Crippen molar-refractivity contribution in [2.24, 2.45) is 5.92 Å². The lowest BCUT2D eigenvalue weighted by Gasteiger charge is -2.18. The smallest absolute Gasteiger partial charge is 0.107 e. The summed E-state index contributed by atoms with van der Waals surface area (Å²) < 4.78 is 0. The fourth-order valence-electron chi connectivity index (χ4n) is 1.65. The van der Waals surface area contributed by atoms with Crippen LogP contribution >= 0.6 is 22.9 Å². The van der Waals surface area contributed by atoms with Crippen LogP contribution < -0.4 is 0 Å². The van der Waals surface area contributed by atoms with Gasteiger partial charge in [-0.1, -0.05) is 6.92 Å². The van der Waals surface area contributed by atoms with Crippen molar-refractivity contribution in [2.75, 3.05) is 13.1 Å². The molecule has 1 aliphatic rings. The third-order valence-electron chi connectivity index (χ3n) is 2.76. The zero-order valence-electron chi connectivity index (χ0n) is 9.08. The predicted octanol–water partition coefficient (Wildman–Crippen LogP) is 3.11.